The number of hydrogen-bond acceptors (Lipinski definition) is 5. The summed E-state index contributed by atoms with van der Waals surface area (Å²) in [7, 11) is 0. The van der Waals surface area contributed by atoms with Crippen LogP contribution in [0.25, 0.3) is 0 Å². The molecular formula is C11H16N2O3S. The van der Waals surface area contributed by atoms with Gasteiger partial charge in [0.15, 0.2) is 0 Å². The lowest BCUT2D eigenvalue weighted by Gasteiger charge is -2.03. The molecule has 6 heteroatoms. The quantitative estimate of drug-likeness (QED) is 0.436. The largest absolute Gasteiger partial charge is 0.379 e. The summed E-state index contributed by atoms with van der Waals surface area (Å²) in [5, 5.41) is 10.4. The second-order valence-corrected chi connectivity index (χ2v) is 4.48. The van der Waals surface area contributed by atoms with Crippen LogP contribution in [0.15, 0.2) is 24.3 Å². The van der Waals surface area contributed by atoms with Crippen molar-refractivity contribution in [3.05, 3.63) is 39.9 Å². The molecule has 1 aromatic rings. The van der Waals surface area contributed by atoms with Gasteiger partial charge in [0.1, 0.15) is 0 Å². The maximum absolute atomic E-state index is 10.4. The van der Waals surface area contributed by atoms with Gasteiger partial charge in [-0.25, -0.2) is 0 Å². The summed E-state index contributed by atoms with van der Waals surface area (Å²) >= 11 is 1.74. The molecular weight excluding hydrogens is 240 g/mol. The average Bonchev–Trinajstić information content (AvgIpc) is 2.34. The van der Waals surface area contributed by atoms with E-state index in [1.54, 1.807) is 23.9 Å². The molecule has 1 rings (SSSR count). The minimum atomic E-state index is -0.391. The van der Waals surface area contributed by atoms with Crippen molar-refractivity contribution in [2.75, 3.05) is 25.5 Å². The Bertz CT molecular complexity index is 343. The number of thioether (sulfide) groups is 1. The van der Waals surface area contributed by atoms with E-state index >= 15 is 0 Å². The average molecular weight is 256 g/mol. The fraction of sp³-hybridized carbons (Fsp3) is 0.455. The van der Waals surface area contributed by atoms with Gasteiger partial charge in [-0.2, -0.15) is 11.8 Å². The van der Waals surface area contributed by atoms with Gasteiger partial charge in [-0.15, -0.1) is 0 Å². The van der Waals surface area contributed by atoms with E-state index in [1.165, 1.54) is 12.1 Å². The van der Waals surface area contributed by atoms with E-state index in [1.807, 2.05) is 0 Å². The van der Waals surface area contributed by atoms with E-state index < -0.39 is 4.92 Å². The molecule has 5 nitrogen and oxygen atoms in total. The summed E-state index contributed by atoms with van der Waals surface area (Å²) in [6, 6.07) is 6.62. The molecule has 0 aliphatic rings. The zero-order valence-electron chi connectivity index (χ0n) is 9.50. The SMILES string of the molecule is NCCOCCSCc1ccc([N+](=O)[O-])cc1. The van der Waals surface area contributed by atoms with Crippen LogP contribution in [0.5, 0.6) is 0 Å². The molecule has 0 saturated carbocycles. The Labute approximate surface area is 104 Å². The Balaban J connectivity index is 2.21. The molecule has 1 aromatic carbocycles. The third kappa shape index (κ3) is 5.67. The molecule has 0 aliphatic carbocycles. The van der Waals surface area contributed by atoms with Crippen LogP contribution in [-0.2, 0) is 10.5 Å². The van der Waals surface area contributed by atoms with Gasteiger partial charge in [0.05, 0.1) is 18.1 Å². The van der Waals surface area contributed by atoms with Crippen LogP contribution in [0.1, 0.15) is 5.56 Å². The normalized spacial score (nSPS) is 10.4. The van der Waals surface area contributed by atoms with Crippen LogP contribution in [0.4, 0.5) is 5.69 Å². The van der Waals surface area contributed by atoms with Gasteiger partial charge >= 0.3 is 0 Å². The van der Waals surface area contributed by atoms with E-state index in [0.29, 0.717) is 19.8 Å². The van der Waals surface area contributed by atoms with E-state index in [4.69, 9.17) is 10.5 Å². The first-order valence-corrected chi connectivity index (χ1v) is 6.48. The predicted octanol–water partition coefficient (Wildman–Crippen LogP) is 1.80. The van der Waals surface area contributed by atoms with Crippen molar-refractivity contribution >= 4 is 17.4 Å². The lowest BCUT2D eigenvalue weighted by atomic mass is 10.2. The van der Waals surface area contributed by atoms with Gasteiger partial charge in [0.25, 0.3) is 5.69 Å². The molecule has 2 N–H and O–H groups in total. The second-order valence-electron chi connectivity index (χ2n) is 3.38. The van der Waals surface area contributed by atoms with Gasteiger partial charge in [-0.05, 0) is 5.56 Å². The number of nitrogens with two attached hydrogens (primary N) is 1. The smallest absolute Gasteiger partial charge is 0.269 e. The standard InChI is InChI=1S/C11H16N2O3S/c12-5-6-16-7-8-17-9-10-1-3-11(4-2-10)13(14)15/h1-4H,5-9,12H2. The van der Waals surface area contributed by atoms with E-state index in [9.17, 15) is 10.1 Å². The third-order valence-electron chi connectivity index (χ3n) is 2.05. The minimum Gasteiger partial charge on any atom is -0.379 e. The molecule has 0 fully saturated rings. The van der Waals surface area contributed by atoms with Gasteiger partial charge in [-0.1, -0.05) is 12.1 Å². The van der Waals surface area contributed by atoms with Crippen molar-refractivity contribution in [1.29, 1.82) is 0 Å². The Morgan fingerprint density at radius 3 is 2.59 bits per heavy atom. The zero-order valence-corrected chi connectivity index (χ0v) is 10.3. The summed E-state index contributed by atoms with van der Waals surface area (Å²) in [6.07, 6.45) is 0. The highest BCUT2D eigenvalue weighted by Gasteiger charge is 2.03. The highest BCUT2D eigenvalue weighted by molar-refractivity contribution is 7.98. The maximum atomic E-state index is 10.4. The molecule has 0 saturated heterocycles. The zero-order chi connectivity index (χ0) is 12.5. The first kappa shape index (κ1) is 14.0. The molecule has 0 bridgehead atoms. The van der Waals surface area contributed by atoms with Crippen LogP contribution in [0.2, 0.25) is 0 Å². The summed E-state index contributed by atoms with van der Waals surface area (Å²) in [4.78, 5) is 10.1. The van der Waals surface area contributed by atoms with Gasteiger partial charge in [-0.3, -0.25) is 10.1 Å². The van der Waals surface area contributed by atoms with Crippen molar-refractivity contribution in [2.24, 2.45) is 5.73 Å². The summed E-state index contributed by atoms with van der Waals surface area (Å²) in [6.45, 7) is 1.83. The van der Waals surface area contributed by atoms with E-state index in [-0.39, 0.29) is 5.69 Å². The van der Waals surface area contributed by atoms with Crippen molar-refractivity contribution in [3.63, 3.8) is 0 Å². The molecule has 0 unspecified atom stereocenters. The first-order valence-electron chi connectivity index (χ1n) is 5.33. The predicted molar refractivity (Wildman–Crippen MR) is 69.1 cm³/mol. The van der Waals surface area contributed by atoms with Crippen molar-refractivity contribution in [1.82, 2.24) is 0 Å². The molecule has 0 radical (unpaired) electrons. The van der Waals surface area contributed by atoms with Crippen molar-refractivity contribution in [2.45, 2.75) is 5.75 Å². The Kier molecular flexibility index (Phi) is 6.61. The van der Waals surface area contributed by atoms with E-state index in [0.717, 1.165) is 17.1 Å². The van der Waals surface area contributed by atoms with E-state index in [2.05, 4.69) is 0 Å². The van der Waals surface area contributed by atoms with Crippen LogP contribution in [0, 0.1) is 10.1 Å². The van der Waals surface area contributed by atoms with Crippen LogP contribution >= 0.6 is 11.8 Å². The fourth-order valence-electron chi connectivity index (χ4n) is 1.21. The lowest BCUT2D eigenvalue weighted by Crippen LogP contribution is -2.09. The molecule has 0 aliphatic heterocycles. The number of hydrogen-bond donors (Lipinski definition) is 1. The molecule has 17 heavy (non-hydrogen) atoms. The summed E-state index contributed by atoms with van der Waals surface area (Å²) in [5.41, 5.74) is 6.50. The van der Waals surface area contributed by atoms with Gasteiger partial charge < -0.3 is 10.5 Å². The van der Waals surface area contributed by atoms with Gasteiger partial charge in [0, 0.05) is 30.2 Å². The Hall–Kier alpha value is -1.11. The topological polar surface area (TPSA) is 78.4 Å². The number of nitro groups is 1. The first-order chi connectivity index (χ1) is 8.24. The molecule has 0 amide bonds. The Morgan fingerprint density at radius 1 is 1.29 bits per heavy atom. The number of ether oxygens (including phenoxy) is 1. The molecule has 0 aromatic heterocycles. The number of nitrogens with zero attached hydrogens (tertiary/aromatic N) is 1. The summed E-state index contributed by atoms with van der Waals surface area (Å²) < 4.78 is 5.24. The molecule has 0 spiro atoms. The minimum absolute atomic E-state index is 0.130. The highest BCUT2D eigenvalue weighted by Crippen LogP contribution is 2.16. The molecule has 0 atom stereocenters. The maximum Gasteiger partial charge on any atom is 0.269 e. The van der Waals surface area contributed by atoms with Crippen LogP contribution in [0.3, 0.4) is 0 Å². The molecule has 0 heterocycles. The second kappa shape index (κ2) is 8.05. The molecule has 94 valence electrons. The van der Waals surface area contributed by atoms with Gasteiger partial charge in [0.2, 0.25) is 0 Å². The van der Waals surface area contributed by atoms with Crippen molar-refractivity contribution < 1.29 is 9.66 Å². The number of rotatable bonds is 8. The van der Waals surface area contributed by atoms with Crippen LogP contribution in [-0.4, -0.2) is 30.4 Å². The lowest BCUT2D eigenvalue weighted by molar-refractivity contribution is -0.384. The Morgan fingerprint density at radius 2 is 2.00 bits per heavy atom. The summed E-state index contributed by atoms with van der Waals surface area (Å²) in [5.74, 6) is 1.74. The monoisotopic (exact) mass is 256 g/mol. The number of benzene rings is 1. The van der Waals surface area contributed by atoms with Crippen LogP contribution < -0.4 is 5.73 Å². The third-order valence-corrected chi connectivity index (χ3v) is 3.04. The fourth-order valence-corrected chi connectivity index (χ4v) is 2.02. The number of nitro benzene ring substituents is 1. The highest BCUT2D eigenvalue weighted by atomic mass is 32.2. The van der Waals surface area contributed by atoms with Crippen molar-refractivity contribution in [3.8, 4) is 0 Å². The number of non-ortho nitro benzene ring substituents is 1.